The van der Waals surface area contributed by atoms with E-state index in [0.717, 1.165) is 0 Å². The molecule has 0 saturated heterocycles. The van der Waals surface area contributed by atoms with Gasteiger partial charge in [-0.3, -0.25) is 4.79 Å². The quantitative estimate of drug-likeness (QED) is 0.848. The first-order chi connectivity index (χ1) is 9.56. The van der Waals surface area contributed by atoms with Crippen molar-refractivity contribution in [1.29, 1.82) is 0 Å². The number of nitrogens with one attached hydrogen (secondary N) is 1. The van der Waals surface area contributed by atoms with Gasteiger partial charge in [-0.05, 0) is 30.3 Å². The van der Waals surface area contributed by atoms with Crippen LogP contribution in [0.1, 0.15) is 0 Å². The number of carbonyl (C=O) groups is 1. The van der Waals surface area contributed by atoms with Crippen molar-refractivity contribution in [2.75, 3.05) is 17.7 Å². The van der Waals surface area contributed by atoms with Crippen LogP contribution < -0.4 is 15.8 Å². The summed E-state index contributed by atoms with van der Waals surface area (Å²) in [5, 5.41) is 3.56. The summed E-state index contributed by atoms with van der Waals surface area (Å²) < 4.78 is 5.32. The minimum Gasteiger partial charge on any atom is -0.482 e. The van der Waals surface area contributed by atoms with Crippen LogP contribution in [0.2, 0.25) is 10.0 Å². The molecule has 2 aromatic carbocycles. The maximum Gasteiger partial charge on any atom is 0.262 e. The van der Waals surface area contributed by atoms with E-state index in [1.165, 1.54) is 0 Å². The number of benzene rings is 2. The molecule has 1 amide bonds. The molecule has 0 aromatic heterocycles. The standard InChI is InChI=1S/C14H12Cl2N2O2/c15-9-5-6-11(17)12(7-9)18-14(19)8-20-13-4-2-1-3-10(13)16/h1-7H,8,17H2,(H,18,19). The zero-order valence-corrected chi connectivity index (χ0v) is 11.9. The molecule has 2 rings (SSSR count). The highest BCUT2D eigenvalue weighted by Gasteiger charge is 2.08. The lowest BCUT2D eigenvalue weighted by Crippen LogP contribution is -2.20. The van der Waals surface area contributed by atoms with Gasteiger partial charge in [-0.1, -0.05) is 35.3 Å². The average Bonchev–Trinajstić information content (AvgIpc) is 2.42. The highest BCUT2D eigenvalue weighted by atomic mass is 35.5. The smallest absolute Gasteiger partial charge is 0.262 e. The number of nitrogen functional groups attached to an aromatic ring is 1. The summed E-state index contributed by atoms with van der Waals surface area (Å²) in [6.07, 6.45) is 0. The minimum absolute atomic E-state index is 0.171. The van der Waals surface area contributed by atoms with Crippen molar-refractivity contribution in [2.24, 2.45) is 0 Å². The van der Waals surface area contributed by atoms with Crippen molar-refractivity contribution < 1.29 is 9.53 Å². The number of hydrogen-bond donors (Lipinski definition) is 2. The number of amides is 1. The molecule has 3 N–H and O–H groups in total. The molecule has 2 aromatic rings. The predicted molar refractivity (Wildman–Crippen MR) is 81.4 cm³/mol. The molecule has 0 aliphatic rings. The SMILES string of the molecule is Nc1ccc(Cl)cc1NC(=O)COc1ccccc1Cl. The number of rotatable bonds is 4. The van der Waals surface area contributed by atoms with Crippen LogP contribution in [0.5, 0.6) is 5.75 Å². The molecule has 20 heavy (non-hydrogen) atoms. The molecule has 0 saturated carbocycles. The van der Waals surface area contributed by atoms with Gasteiger partial charge in [0.2, 0.25) is 0 Å². The molecule has 104 valence electrons. The Labute approximate surface area is 126 Å². The van der Waals surface area contributed by atoms with Crippen LogP contribution in [0.4, 0.5) is 11.4 Å². The van der Waals surface area contributed by atoms with Gasteiger partial charge in [0.05, 0.1) is 16.4 Å². The van der Waals surface area contributed by atoms with Gasteiger partial charge in [0.1, 0.15) is 5.75 Å². The fourth-order valence-electron chi connectivity index (χ4n) is 1.53. The van der Waals surface area contributed by atoms with Crippen LogP contribution in [-0.4, -0.2) is 12.5 Å². The molecule has 0 radical (unpaired) electrons. The normalized spacial score (nSPS) is 10.1. The summed E-state index contributed by atoms with van der Waals surface area (Å²) in [5.41, 5.74) is 6.61. The van der Waals surface area contributed by atoms with E-state index in [0.29, 0.717) is 27.2 Å². The van der Waals surface area contributed by atoms with E-state index in [2.05, 4.69) is 5.32 Å². The average molecular weight is 311 g/mol. The third-order valence-electron chi connectivity index (χ3n) is 2.48. The Hall–Kier alpha value is -1.91. The number of nitrogens with two attached hydrogens (primary N) is 1. The highest BCUT2D eigenvalue weighted by Crippen LogP contribution is 2.24. The van der Waals surface area contributed by atoms with Gasteiger partial charge in [-0.15, -0.1) is 0 Å². The van der Waals surface area contributed by atoms with Crippen molar-refractivity contribution in [3.8, 4) is 5.75 Å². The van der Waals surface area contributed by atoms with E-state index < -0.39 is 0 Å². The Kier molecular flexibility index (Phi) is 4.71. The molecule has 0 bridgehead atoms. The third-order valence-corrected chi connectivity index (χ3v) is 3.03. The molecular formula is C14H12Cl2N2O2. The minimum atomic E-state index is -0.348. The second kappa shape index (κ2) is 6.50. The van der Waals surface area contributed by atoms with Crippen LogP contribution in [0.3, 0.4) is 0 Å². The van der Waals surface area contributed by atoms with Crippen molar-refractivity contribution in [3.63, 3.8) is 0 Å². The van der Waals surface area contributed by atoms with Gasteiger partial charge < -0.3 is 15.8 Å². The van der Waals surface area contributed by atoms with Crippen LogP contribution in [0.25, 0.3) is 0 Å². The number of hydrogen-bond acceptors (Lipinski definition) is 3. The monoisotopic (exact) mass is 310 g/mol. The Morgan fingerprint density at radius 3 is 2.70 bits per heavy atom. The molecule has 0 spiro atoms. The first-order valence-corrected chi connectivity index (χ1v) is 6.54. The summed E-state index contributed by atoms with van der Waals surface area (Å²) in [4.78, 5) is 11.8. The van der Waals surface area contributed by atoms with Crippen molar-refractivity contribution in [1.82, 2.24) is 0 Å². The second-order valence-electron chi connectivity index (χ2n) is 4.00. The van der Waals surface area contributed by atoms with Crippen LogP contribution in [0, 0.1) is 0 Å². The molecule has 0 fully saturated rings. The largest absolute Gasteiger partial charge is 0.482 e. The van der Waals surface area contributed by atoms with Gasteiger partial charge in [0.15, 0.2) is 6.61 Å². The van der Waals surface area contributed by atoms with Crippen molar-refractivity contribution >= 4 is 40.5 Å². The Morgan fingerprint density at radius 2 is 1.95 bits per heavy atom. The highest BCUT2D eigenvalue weighted by molar-refractivity contribution is 6.32. The van der Waals surface area contributed by atoms with Gasteiger partial charge in [-0.2, -0.15) is 0 Å². The number of anilines is 2. The Balaban J connectivity index is 1.96. The Morgan fingerprint density at radius 1 is 1.20 bits per heavy atom. The van der Waals surface area contributed by atoms with Crippen LogP contribution in [0.15, 0.2) is 42.5 Å². The van der Waals surface area contributed by atoms with E-state index in [9.17, 15) is 4.79 Å². The van der Waals surface area contributed by atoms with Gasteiger partial charge in [-0.25, -0.2) is 0 Å². The summed E-state index contributed by atoms with van der Waals surface area (Å²) in [6, 6.07) is 11.8. The molecule has 0 aliphatic carbocycles. The van der Waals surface area contributed by atoms with Crippen molar-refractivity contribution in [3.05, 3.63) is 52.5 Å². The lowest BCUT2D eigenvalue weighted by atomic mass is 10.2. The zero-order chi connectivity index (χ0) is 14.5. The number of carbonyl (C=O) groups excluding carboxylic acids is 1. The topological polar surface area (TPSA) is 64.3 Å². The molecule has 0 aliphatic heterocycles. The van der Waals surface area contributed by atoms with E-state index in [-0.39, 0.29) is 12.5 Å². The molecular weight excluding hydrogens is 299 g/mol. The molecule has 4 nitrogen and oxygen atoms in total. The van der Waals surface area contributed by atoms with E-state index in [4.69, 9.17) is 33.7 Å². The summed E-state index contributed by atoms with van der Waals surface area (Å²) in [7, 11) is 0. The van der Waals surface area contributed by atoms with Gasteiger partial charge in [0.25, 0.3) is 5.91 Å². The first-order valence-electron chi connectivity index (χ1n) is 5.78. The fraction of sp³-hybridized carbons (Fsp3) is 0.0714. The Bertz CT molecular complexity index is 632. The molecule has 0 unspecified atom stereocenters. The molecule has 6 heteroatoms. The number of halogens is 2. The molecule has 0 heterocycles. The second-order valence-corrected chi connectivity index (χ2v) is 4.84. The maximum atomic E-state index is 11.8. The fourth-order valence-corrected chi connectivity index (χ4v) is 1.89. The number of para-hydroxylation sites is 1. The third kappa shape index (κ3) is 3.79. The van der Waals surface area contributed by atoms with Crippen LogP contribution in [-0.2, 0) is 4.79 Å². The van der Waals surface area contributed by atoms with Crippen molar-refractivity contribution in [2.45, 2.75) is 0 Å². The maximum absolute atomic E-state index is 11.8. The van der Waals surface area contributed by atoms with Crippen LogP contribution >= 0.6 is 23.2 Å². The predicted octanol–water partition coefficient (Wildman–Crippen LogP) is 3.59. The summed E-state index contributed by atoms with van der Waals surface area (Å²) in [6.45, 7) is -0.171. The van der Waals surface area contributed by atoms with Gasteiger partial charge in [0, 0.05) is 5.02 Å². The van der Waals surface area contributed by atoms with E-state index in [1.54, 1.807) is 42.5 Å². The lowest BCUT2D eigenvalue weighted by molar-refractivity contribution is -0.118. The summed E-state index contributed by atoms with van der Waals surface area (Å²) in [5.74, 6) is 0.0993. The number of ether oxygens (including phenoxy) is 1. The lowest BCUT2D eigenvalue weighted by Gasteiger charge is -2.10. The molecule has 0 atom stereocenters. The van der Waals surface area contributed by atoms with Gasteiger partial charge >= 0.3 is 0 Å². The summed E-state index contributed by atoms with van der Waals surface area (Å²) >= 11 is 11.8. The zero-order valence-electron chi connectivity index (χ0n) is 10.4. The van der Waals surface area contributed by atoms with E-state index >= 15 is 0 Å². The van der Waals surface area contributed by atoms with E-state index in [1.807, 2.05) is 0 Å². The first kappa shape index (κ1) is 14.5.